The van der Waals surface area contributed by atoms with Crippen LogP contribution in [0.5, 0.6) is 0 Å². The number of hydrogen-bond donors (Lipinski definition) is 1. The third-order valence-electron chi connectivity index (χ3n) is 0.854. The number of methoxy groups -OCH3 is 1. The molecule has 0 aromatic rings. The average molecular weight is 197 g/mol. The summed E-state index contributed by atoms with van der Waals surface area (Å²) in [7, 11) is -2.21. The van der Waals surface area contributed by atoms with Crippen LogP contribution in [0.1, 0.15) is 0 Å². The number of alkyl carbamates (subject to hydrolysis) is 1. The van der Waals surface area contributed by atoms with Gasteiger partial charge < -0.3 is 10.1 Å². The molecule has 0 aliphatic carbocycles. The van der Waals surface area contributed by atoms with E-state index in [9.17, 15) is 13.2 Å². The minimum absolute atomic E-state index is 0.0894. The number of carbonyl (C=O) groups excluding carboxylic acids is 1. The van der Waals surface area contributed by atoms with E-state index in [2.05, 4.69) is 14.2 Å². The van der Waals surface area contributed by atoms with Crippen LogP contribution in [-0.4, -0.2) is 41.0 Å². The Kier molecular flexibility index (Phi) is 4.60. The smallest absolute Gasteiger partial charge is 0.406 e. The highest BCUT2D eigenvalue weighted by Crippen LogP contribution is 1.84. The molecular weight excluding hydrogens is 186 g/mol. The van der Waals surface area contributed by atoms with Gasteiger partial charge in [-0.25, -0.2) is 4.79 Å². The zero-order valence-corrected chi connectivity index (χ0v) is 7.68. The molecule has 0 aromatic heterocycles. The normalized spacial score (nSPS) is 10.8. The molecule has 0 spiro atoms. The van der Waals surface area contributed by atoms with E-state index in [1.54, 1.807) is 0 Å². The summed E-state index contributed by atoms with van der Waals surface area (Å²) in [6, 6.07) is 0. The molecule has 0 radical (unpaired) electrons. The highest BCUT2D eigenvalue weighted by atomic mass is 32.2. The molecule has 0 heterocycles. The standard InChI is InChI=1S/C5H11NO5S/c1-10-5(7)6-3-4-11-12(2,8)9/h3-4H2,1-2H3,(H,6,7). The predicted octanol–water partition coefficient (Wildman–Crippen LogP) is -0.681. The van der Waals surface area contributed by atoms with Crippen LogP contribution in [0.4, 0.5) is 4.79 Å². The summed E-state index contributed by atoms with van der Waals surface area (Å²) in [5.41, 5.74) is 0. The van der Waals surface area contributed by atoms with Crippen LogP contribution in [0.25, 0.3) is 0 Å². The quantitative estimate of drug-likeness (QED) is 0.477. The van der Waals surface area contributed by atoms with Gasteiger partial charge in [-0.3, -0.25) is 4.18 Å². The van der Waals surface area contributed by atoms with E-state index in [0.717, 1.165) is 6.26 Å². The van der Waals surface area contributed by atoms with Crippen LogP contribution in [0.15, 0.2) is 0 Å². The summed E-state index contributed by atoms with van der Waals surface area (Å²) in [5, 5.41) is 2.25. The third kappa shape index (κ3) is 7.29. The maximum atomic E-state index is 10.4. The van der Waals surface area contributed by atoms with Crippen molar-refractivity contribution in [1.82, 2.24) is 5.32 Å². The van der Waals surface area contributed by atoms with Crippen molar-refractivity contribution in [3.05, 3.63) is 0 Å². The fourth-order valence-electron chi connectivity index (χ4n) is 0.418. The van der Waals surface area contributed by atoms with E-state index < -0.39 is 16.2 Å². The van der Waals surface area contributed by atoms with E-state index in [1.165, 1.54) is 7.11 Å². The molecule has 12 heavy (non-hydrogen) atoms. The summed E-state index contributed by atoms with van der Waals surface area (Å²) in [5.74, 6) is 0. The molecule has 0 fully saturated rings. The van der Waals surface area contributed by atoms with Gasteiger partial charge in [-0.05, 0) is 0 Å². The Morgan fingerprint density at radius 3 is 2.50 bits per heavy atom. The van der Waals surface area contributed by atoms with Gasteiger partial charge in [-0.15, -0.1) is 0 Å². The van der Waals surface area contributed by atoms with E-state index in [1.807, 2.05) is 0 Å². The molecule has 72 valence electrons. The van der Waals surface area contributed by atoms with Crippen LogP contribution in [0.2, 0.25) is 0 Å². The van der Waals surface area contributed by atoms with Gasteiger partial charge in [0.1, 0.15) is 0 Å². The van der Waals surface area contributed by atoms with E-state index in [4.69, 9.17) is 0 Å². The van der Waals surface area contributed by atoms with Gasteiger partial charge in [-0.2, -0.15) is 8.42 Å². The molecule has 0 unspecified atom stereocenters. The fraction of sp³-hybridized carbons (Fsp3) is 0.800. The minimum atomic E-state index is -3.42. The van der Waals surface area contributed by atoms with Gasteiger partial charge in [0.25, 0.3) is 10.1 Å². The lowest BCUT2D eigenvalue weighted by molar-refractivity contribution is 0.168. The molecule has 0 saturated carbocycles. The van der Waals surface area contributed by atoms with E-state index in [0.29, 0.717) is 0 Å². The van der Waals surface area contributed by atoms with Crippen molar-refractivity contribution < 1.29 is 22.1 Å². The van der Waals surface area contributed by atoms with E-state index in [-0.39, 0.29) is 13.2 Å². The Morgan fingerprint density at radius 1 is 1.50 bits per heavy atom. The number of hydrogen-bond acceptors (Lipinski definition) is 5. The Labute approximate surface area is 71.0 Å². The SMILES string of the molecule is COC(=O)NCCOS(C)(=O)=O. The van der Waals surface area contributed by atoms with Gasteiger partial charge in [0.15, 0.2) is 0 Å². The predicted molar refractivity (Wildman–Crippen MR) is 41.2 cm³/mol. The van der Waals surface area contributed by atoms with Gasteiger partial charge in [0.05, 0.1) is 20.0 Å². The van der Waals surface area contributed by atoms with E-state index >= 15 is 0 Å². The lowest BCUT2D eigenvalue weighted by atomic mass is 10.7. The van der Waals surface area contributed by atoms with Crippen LogP contribution < -0.4 is 5.32 Å². The van der Waals surface area contributed by atoms with Crippen molar-refractivity contribution in [2.45, 2.75) is 0 Å². The molecule has 0 aliphatic rings. The highest BCUT2D eigenvalue weighted by Gasteiger charge is 2.01. The fourth-order valence-corrected chi connectivity index (χ4v) is 0.804. The lowest BCUT2D eigenvalue weighted by Crippen LogP contribution is -2.27. The summed E-state index contributed by atoms with van der Waals surface area (Å²) in [4.78, 5) is 10.4. The van der Waals surface area contributed by atoms with Crippen molar-refractivity contribution in [2.24, 2.45) is 0 Å². The van der Waals surface area contributed by atoms with Gasteiger partial charge in [-0.1, -0.05) is 0 Å². The van der Waals surface area contributed by atoms with Crippen molar-refractivity contribution >= 4 is 16.2 Å². The summed E-state index contributed by atoms with van der Waals surface area (Å²) >= 11 is 0. The van der Waals surface area contributed by atoms with Crippen LogP contribution >= 0.6 is 0 Å². The largest absolute Gasteiger partial charge is 0.453 e. The molecule has 0 aliphatic heterocycles. The molecule has 1 N–H and O–H groups in total. The number of amides is 1. The summed E-state index contributed by atoms with van der Waals surface area (Å²) in [6.45, 7) is 0.00762. The van der Waals surface area contributed by atoms with Crippen molar-refractivity contribution in [3.8, 4) is 0 Å². The van der Waals surface area contributed by atoms with Gasteiger partial charge >= 0.3 is 6.09 Å². The zero-order chi connectivity index (χ0) is 9.61. The number of nitrogens with one attached hydrogen (secondary N) is 1. The third-order valence-corrected chi connectivity index (χ3v) is 1.45. The molecule has 0 aromatic carbocycles. The molecule has 7 heteroatoms. The second-order valence-electron chi connectivity index (χ2n) is 1.94. The Morgan fingerprint density at radius 2 is 2.08 bits per heavy atom. The number of carbonyl (C=O) groups is 1. The average Bonchev–Trinajstić information content (AvgIpc) is 1.96. The summed E-state index contributed by atoms with van der Waals surface area (Å²) in [6.07, 6.45) is 0.317. The Balaban J connectivity index is 3.40. The number of ether oxygens (including phenoxy) is 1. The molecule has 0 bridgehead atoms. The van der Waals surface area contributed by atoms with Crippen molar-refractivity contribution in [2.75, 3.05) is 26.5 Å². The first-order valence-corrected chi connectivity index (χ1v) is 4.93. The van der Waals surface area contributed by atoms with Crippen molar-refractivity contribution in [1.29, 1.82) is 0 Å². The van der Waals surface area contributed by atoms with Gasteiger partial charge in [0, 0.05) is 6.54 Å². The Hall–Kier alpha value is -0.820. The first-order valence-electron chi connectivity index (χ1n) is 3.12. The lowest BCUT2D eigenvalue weighted by Gasteiger charge is -2.02. The maximum Gasteiger partial charge on any atom is 0.406 e. The second kappa shape index (κ2) is 4.94. The minimum Gasteiger partial charge on any atom is -0.453 e. The maximum absolute atomic E-state index is 10.4. The van der Waals surface area contributed by atoms with Gasteiger partial charge in [0.2, 0.25) is 0 Å². The van der Waals surface area contributed by atoms with Crippen LogP contribution in [0, 0.1) is 0 Å². The molecule has 6 nitrogen and oxygen atoms in total. The number of rotatable bonds is 4. The van der Waals surface area contributed by atoms with Crippen LogP contribution in [0.3, 0.4) is 0 Å². The molecule has 0 rings (SSSR count). The molecule has 0 atom stereocenters. The topological polar surface area (TPSA) is 81.7 Å². The first-order chi connectivity index (χ1) is 5.45. The zero-order valence-electron chi connectivity index (χ0n) is 6.86. The summed E-state index contributed by atoms with van der Waals surface area (Å²) < 4.78 is 29.3. The molecule has 1 amide bonds. The molecule has 0 saturated heterocycles. The highest BCUT2D eigenvalue weighted by molar-refractivity contribution is 7.85. The second-order valence-corrected chi connectivity index (χ2v) is 3.59. The molecular formula is C5H11NO5S. The van der Waals surface area contributed by atoms with Crippen LogP contribution in [-0.2, 0) is 19.0 Å². The monoisotopic (exact) mass is 197 g/mol. The van der Waals surface area contributed by atoms with Crippen molar-refractivity contribution in [3.63, 3.8) is 0 Å². The first kappa shape index (κ1) is 11.2. The Bertz CT molecular complexity index is 234.